The van der Waals surface area contributed by atoms with E-state index in [-0.39, 0.29) is 0 Å². The van der Waals surface area contributed by atoms with Gasteiger partial charge in [-0.05, 0) is 47.5 Å². The van der Waals surface area contributed by atoms with Crippen LogP contribution in [0.2, 0.25) is 0 Å². The minimum absolute atomic E-state index is 0.931. The summed E-state index contributed by atoms with van der Waals surface area (Å²) in [7, 11) is 0. The molecular formula is C32H19NOS. The highest BCUT2D eigenvalue weighted by molar-refractivity contribution is 7.27. The summed E-state index contributed by atoms with van der Waals surface area (Å²) in [6, 6.07) is 41.0. The summed E-state index contributed by atoms with van der Waals surface area (Å²) in [5.41, 5.74) is 8.07. The van der Waals surface area contributed by atoms with E-state index in [2.05, 4.69) is 108 Å². The zero-order chi connectivity index (χ0) is 22.9. The van der Waals surface area contributed by atoms with Gasteiger partial charge in [0.15, 0.2) is 0 Å². The second-order valence-electron chi connectivity index (χ2n) is 8.96. The quantitative estimate of drug-likeness (QED) is 0.248. The Hall–Kier alpha value is -4.34. The van der Waals surface area contributed by atoms with E-state index in [1.807, 2.05) is 23.5 Å². The first-order valence-corrected chi connectivity index (χ1v) is 12.6. The summed E-state index contributed by atoms with van der Waals surface area (Å²) >= 11 is 1.89. The molecule has 8 aromatic rings. The number of benzene rings is 5. The molecule has 3 aromatic heterocycles. The van der Waals surface area contributed by atoms with E-state index >= 15 is 0 Å². The summed E-state index contributed by atoms with van der Waals surface area (Å²) in [5, 5.41) is 4.92. The van der Waals surface area contributed by atoms with Crippen molar-refractivity contribution in [1.29, 1.82) is 0 Å². The van der Waals surface area contributed by atoms with Crippen LogP contribution < -0.4 is 0 Å². The van der Waals surface area contributed by atoms with Crippen LogP contribution in [0.1, 0.15) is 0 Å². The predicted molar refractivity (Wildman–Crippen MR) is 149 cm³/mol. The molecular weight excluding hydrogens is 446 g/mol. The van der Waals surface area contributed by atoms with Gasteiger partial charge in [0, 0.05) is 31.9 Å². The fraction of sp³-hybridized carbons (Fsp3) is 0. The molecule has 35 heavy (non-hydrogen) atoms. The molecule has 0 radical (unpaired) electrons. The van der Waals surface area contributed by atoms with Crippen molar-refractivity contribution in [3.63, 3.8) is 0 Å². The van der Waals surface area contributed by atoms with Crippen molar-refractivity contribution in [3.05, 3.63) is 115 Å². The van der Waals surface area contributed by atoms with Crippen LogP contribution in [0.15, 0.2) is 120 Å². The number of hydrogen-bond donors (Lipinski definition) is 0. The van der Waals surface area contributed by atoms with Gasteiger partial charge in [-0.1, -0.05) is 78.9 Å². The van der Waals surface area contributed by atoms with Gasteiger partial charge >= 0.3 is 0 Å². The van der Waals surface area contributed by atoms with E-state index in [0.29, 0.717) is 0 Å². The molecule has 0 aliphatic rings. The molecule has 0 atom stereocenters. The molecule has 0 N–H and O–H groups in total. The molecule has 0 aliphatic carbocycles. The maximum atomic E-state index is 6.08. The van der Waals surface area contributed by atoms with Crippen LogP contribution in [0.3, 0.4) is 0 Å². The Bertz CT molecular complexity index is 2060. The van der Waals surface area contributed by atoms with Gasteiger partial charge in [0.1, 0.15) is 11.2 Å². The molecule has 8 rings (SSSR count). The summed E-state index contributed by atoms with van der Waals surface area (Å²) in [4.78, 5) is 0. The van der Waals surface area contributed by atoms with Gasteiger partial charge in [0.05, 0.1) is 15.7 Å². The summed E-state index contributed by atoms with van der Waals surface area (Å²) in [6.45, 7) is 0. The van der Waals surface area contributed by atoms with Gasteiger partial charge in [0.25, 0.3) is 0 Å². The van der Waals surface area contributed by atoms with Crippen LogP contribution in [0.25, 0.3) is 70.0 Å². The minimum Gasteiger partial charge on any atom is -0.456 e. The van der Waals surface area contributed by atoms with Gasteiger partial charge in [-0.2, -0.15) is 0 Å². The molecule has 0 unspecified atom stereocenters. The Balaban J connectivity index is 1.46. The lowest BCUT2D eigenvalue weighted by Gasteiger charge is -2.08. The third-order valence-corrected chi connectivity index (χ3v) is 8.27. The lowest BCUT2D eigenvalue weighted by molar-refractivity contribution is 0.669. The van der Waals surface area contributed by atoms with Gasteiger partial charge in [-0.25, -0.2) is 0 Å². The fourth-order valence-electron chi connectivity index (χ4n) is 5.46. The molecule has 0 saturated carbocycles. The average Bonchev–Trinajstić information content (AvgIpc) is 3.57. The lowest BCUT2D eigenvalue weighted by Crippen LogP contribution is -1.92. The molecule has 0 spiro atoms. The van der Waals surface area contributed by atoms with Crippen molar-refractivity contribution < 1.29 is 4.42 Å². The fourth-order valence-corrected chi connectivity index (χ4v) is 6.81. The number of rotatable bonds is 2. The third-order valence-electron chi connectivity index (χ3n) is 7.00. The standard InChI is InChI=1S/C32H19NOS/c1-2-9-21(10-3-1)33-27-15-6-4-12-24(27)32-30(33)25-14-8-13-22(31(25)35-32)20-17-18-29-26(19-20)23-11-5-7-16-28(23)34-29/h1-19H. The largest absolute Gasteiger partial charge is 0.456 e. The van der Waals surface area contributed by atoms with Crippen molar-refractivity contribution in [2.45, 2.75) is 0 Å². The number of furan rings is 1. The number of nitrogens with zero attached hydrogens (tertiary/aromatic N) is 1. The molecule has 5 aromatic carbocycles. The van der Waals surface area contributed by atoms with E-state index in [1.54, 1.807) is 0 Å². The molecule has 0 bridgehead atoms. The minimum atomic E-state index is 0.931. The van der Waals surface area contributed by atoms with E-state index < -0.39 is 0 Å². The Morgan fingerprint density at radius 2 is 1.29 bits per heavy atom. The maximum absolute atomic E-state index is 6.08. The second-order valence-corrected chi connectivity index (χ2v) is 9.98. The number of hydrogen-bond acceptors (Lipinski definition) is 2. The SMILES string of the molecule is c1ccc(-n2c3ccccc3c3sc4c(-c5ccc6oc7ccccc7c6c5)cccc4c32)cc1. The van der Waals surface area contributed by atoms with Gasteiger partial charge in [-0.3, -0.25) is 0 Å². The van der Waals surface area contributed by atoms with Crippen molar-refractivity contribution in [2.75, 3.05) is 0 Å². The Kier molecular flexibility index (Phi) is 3.85. The zero-order valence-corrected chi connectivity index (χ0v) is 19.5. The highest BCUT2D eigenvalue weighted by Crippen LogP contribution is 2.46. The van der Waals surface area contributed by atoms with Gasteiger partial charge in [-0.15, -0.1) is 11.3 Å². The van der Waals surface area contributed by atoms with E-state index in [4.69, 9.17) is 4.42 Å². The smallest absolute Gasteiger partial charge is 0.135 e. The molecule has 164 valence electrons. The molecule has 0 fully saturated rings. The molecule has 0 amide bonds. The Labute approximate surface area is 205 Å². The van der Waals surface area contributed by atoms with Crippen molar-refractivity contribution in [1.82, 2.24) is 4.57 Å². The van der Waals surface area contributed by atoms with Gasteiger partial charge < -0.3 is 8.98 Å². The zero-order valence-electron chi connectivity index (χ0n) is 18.7. The van der Waals surface area contributed by atoms with E-state index in [1.165, 1.54) is 48.0 Å². The second kappa shape index (κ2) is 7.08. The topological polar surface area (TPSA) is 18.1 Å². The molecule has 0 aliphatic heterocycles. The van der Waals surface area contributed by atoms with Crippen molar-refractivity contribution in [2.24, 2.45) is 0 Å². The van der Waals surface area contributed by atoms with Crippen LogP contribution in [0, 0.1) is 0 Å². The first-order valence-electron chi connectivity index (χ1n) is 11.8. The molecule has 3 heterocycles. The van der Waals surface area contributed by atoms with Crippen LogP contribution in [0.4, 0.5) is 0 Å². The average molecular weight is 466 g/mol. The summed E-state index contributed by atoms with van der Waals surface area (Å²) in [5.74, 6) is 0. The monoisotopic (exact) mass is 465 g/mol. The van der Waals surface area contributed by atoms with Crippen LogP contribution in [-0.4, -0.2) is 4.57 Å². The first-order chi connectivity index (χ1) is 17.4. The molecule has 0 saturated heterocycles. The predicted octanol–water partition coefficient (Wildman–Crippen LogP) is 9.56. The van der Waals surface area contributed by atoms with Crippen molar-refractivity contribution >= 4 is 64.5 Å². The molecule has 2 nitrogen and oxygen atoms in total. The number of aromatic nitrogens is 1. The first kappa shape index (κ1) is 19.0. The summed E-state index contributed by atoms with van der Waals surface area (Å²) in [6.07, 6.45) is 0. The van der Waals surface area contributed by atoms with E-state index in [9.17, 15) is 0 Å². The number of fused-ring (bicyclic) bond motifs is 8. The summed E-state index contributed by atoms with van der Waals surface area (Å²) < 4.78 is 11.1. The third kappa shape index (κ3) is 2.64. The van der Waals surface area contributed by atoms with E-state index in [0.717, 1.165) is 21.9 Å². The number of thiophene rings is 1. The Morgan fingerprint density at radius 3 is 2.20 bits per heavy atom. The highest BCUT2D eigenvalue weighted by atomic mass is 32.1. The highest BCUT2D eigenvalue weighted by Gasteiger charge is 2.19. The van der Waals surface area contributed by atoms with Crippen molar-refractivity contribution in [3.8, 4) is 16.8 Å². The van der Waals surface area contributed by atoms with Gasteiger partial charge in [0.2, 0.25) is 0 Å². The van der Waals surface area contributed by atoms with Crippen LogP contribution in [0.5, 0.6) is 0 Å². The lowest BCUT2D eigenvalue weighted by atomic mass is 10.0. The van der Waals surface area contributed by atoms with Crippen LogP contribution in [-0.2, 0) is 0 Å². The van der Waals surface area contributed by atoms with Crippen LogP contribution >= 0.6 is 11.3 Å². The maximum Gasteiger partial charge on any atom is 0.135 e. The normalized spacial score (nSPS) is 12.0. The Morgan fingerprint density at radius 1 is 0.543 bits per heavy atom. The molecule has 3 heteroatoms. The number of para-hydroxylation sites is 3.